The van der Waals surface area contributed by atoms with E-state index in [1.807, 2.05) is 0 Å². The Morgan fingerprint density at radius 3 is 2.55 bits per heavy atom. The quantitative estimate of drug-likeness (QED) is 0.906. The van der Waals surface area contributed by atoms with Crippen LogP contribution in [0.2, 0.25) is 5.02 Å². The maximum atomic E-state index is 13.7. The topological polar surface area (TPSA) is 49.4 Å². The number of halogens is 2. The van der Waals surface area contributed by atoms with Gasteiger partial charge in [0.1, 0.15) is 5.82 Å². The minimum absolute atomic E-state index is 0.202. The zero-order valence-corrected chi connectivity index (χ0v) is 13.7. The van der Waals surface area contributed by atoms with Gasteiger partial charge in [-0.2, -0.15) is 0 Å². The molecule has 0 aliphatic rings. The van der Waals surface area contributed by atoms with Crippen LogP contribution in [0, 0.1) is 5.82 Å². The molecule has 0 amide bonds. The Kier molecular flexibility index (Phi) is 5.05. The molecule has 1 N–H and O–H groups in total. The fraction of sp³-hybridized carbons (Fsp3) is 0.200. The summed E-state index contributed by atoms with van der Waals surface area (Å²) in [4.78, 5) is 0.202. The molecule has 0 saturated carbocycles. The summed E-state index contributed by atoms with van der Waals surface area (Å²) in [5.74, 6) is -0.454. The highest BCUT2D eigenvalue weighted by atomic mass is 35.5. The zero-order chi connectivity index (χ0) is 16.3. The second-order valence-electron chi connectivity index (χ2n) is 4.91. The second kappa shape index (κ2) is 6.64. The van der Waals surface area contributed by atoms with E-state index < -0.39 is 15.8 Å². The fourth-order valence-corrected chi connectivity index (χ4v) is 2.99. The molecule has 0 saturated heterocycles. The van der Waals surface area contributed by atoms with E-state index in [2.05, 4.69) is 5.32 Å². The largest absolute Gasteiger partial charge is 0.379 e. The van der Waals surface area contributed by atoms with Gasteiger partial charge in [-0.3, -0.25) is 0 Å². The lowest BCUT2D eigenvalue weighted by atomic mass is 10.2. The molecule has 22 heavy (non-hydrogen) atoms. The Morgan fingerprint density at radius 2 is 1.91 bits per heavy atom. The molecule has 0 heterocycles. The average Bonchev–Trinajstić information content (AvgIpc) is 2.46. The van der Waals surface area contributed by atoms with Crippen LogP contribution in [0.1, 0.15) is 5.56 Å². The van der Waals surface area contributed by atoms with Gasteiger partial charge in [-0.25, -0.2) is 17.1 Å². The van der Waals surface area contributed by atoms with Crippen molar-refractivity contribution in [3.8, 4) is 0 Å². The summed E-state index contributed by atoms with van der Waals surface area (Å²) < 4.78 is 39.0. The molecule has 0 spiro atoms. The molecule has 2 rings (SSSR count). The van der Waals surface area contributed by atoms with Crippen LogP contribution in [-0.2, 0) is 16.6 Å². The van der Waals surface area contributed by atoms with Crippen molar-refractivity contribution >= 4 is 27.3 Å². The summed E-state index contributed by atoms with van der Waals surface area (Å²) >= 11 is 5.70. The molecular formula is C15H16ClFN2O2S. The molecule has 4 nitrogen and oxygen atoms in total. The van der Waals surface area contributed by atoms with Crippen LogP contribution in [0.3, 0.4) is 0 Å². The van der Waals surface area contributed by atoms with Crippen LogP contribution in [-0.4, -0.2) is 26.8 Å². The highest BCUT2D eigenvalue weighted by Crippen LogP contribution is 2.20. The van der Waals surface area contributed by atoms with E-state index in [-0.39, 0.29) is 4.90 Å². The van der Waals surface area contributed by atoms with Gasteiger partial charge in [0, 0.05) is 25.7 Å². The normalized spacial score (nSPS) is 11.7. The summed E-state index contributed by atoms with van der Waals surface area (Å²) in [5, 5.41) is 3.24. The van der Waals surface area contributed by atoms with Crippen molar-refractivity contribution in [3.63, 3.8) is 0 Å². The third-order valence-electron chi connectivity index (χ3n) is 3.09. The number of hydrogen-bond donors (Lipinski definition) is 1. The first kappa shape index (κ1) is 16.7. The predicted molar refractivity (Wildman–Crippen MR) is 86.1 cm³/mol. The van der Waals surface area contributed by atoms with Crippen LogP contribution in [0.15, 0.2) is 47.4 Å². The smallest absolute Gasteiger partial charge is 0.242 e. The highest BCUT2D eigenvalue weighted by molar-refractivity contribution is 7.89. The molecule has 0 bridgehead atoms. The van der Waals surface area contributed by atoms with Gasteiger partial charge in [-0.1, -0.05) is 23.7 Å². The van der Waals surface area contributed by atoms with Crippen molar-refractivity contribution in [2.75, 3.05) is 19.4 Å². The van der Waals surface area contributed by atoms with E-state index in [1.54, 1.807) is 24.3 Å². The predicted octanol–water partition coefficient (Wildman–Crippen LogP) is 3.34. The van der Waals surface area contributed by atoms with E-state index in [9.17, 15) is 12.8 Å². The Hall–Kier alpha value is -1.63. The molecule has 0 aromatic heterocycles. The standard InChI is InChI=1S/C15H16ClFN2O2S/c1-19(2)22(20,21)13-5-3-4-11(8-13)10-18-15-7-6-12(16)9-14(15)17/h3-9,18H,10H2,1-2H3. The van der Waals surface area contributed by atoms with E-state index in [1.165, 1.54) is 32.3 Å². The maximum Gasteiger partial charge on any atom is 0.242 e. The first-order valence-corrected chi connectivity index (χ1v) is 8.33. The molecule has 0 aliphatic heterocycles. The van der Waals surface area contributed by atoms with Gasteiger partial charge in [-0.15, -0.1) is 0 Å². The Labute approximate surface area is 134 Å². The van der Waals surface area contributed by atoms with Gasteiger partial charge in [-0.05, 0) is 35.9 Å². The second-order valence-corrected chi connectivity index (χ2v) is 7.50. The van der Waals surface area contributed by atoms with Crippen LogP contribution < -0.4 is 5.32 Å². The number of anilines is 1. The number of benzene rings is 2. The SMILES string of the molecule is CN(C)S(=O)(=O)c1cccc(CNc2ccc(Cl)cc2F)c1. The number of rotatable bonds is 5. The van der Waals surface area contributed by atoms with Gasteiger partial charge < -0.3 is 5.32 Å². The molecule has 0 unspecified atom stereocenters. The van der Waals surface area contributed by atoms with Crippen molar-refractivity contribution in [2.45, 2.75) is 11.4 Å². The molecule has 0 radical (unpaired) electrons. The molecular weight excluding hydrogens is 327 g/mol. The summed E-state index contributed by atoms with van der Waals surface area (Å²) in [7, 11) is -0.531. The molecule has 7 heteroatoms. The Morgan fingerprint density at radius 1 is 1.18 bits per heavy atom. The van der Waals surface area contributed by atoms with Gasteiger partial charge in [0.25, 0.3) is 0 Å². The number of nitrogens with one attached hydrogen (secondary N) is 1. The molecule has 0 atom stereocenters. The summed E-state index contributed by atoms with van der Waals surface area (Å²) in [6, 6.07) is 10.9. The molecule has 2 aromatic carbocycles. The maximum absolute atomic E-state index is 13.7. The number of hydrogen-bond acceptors (Lipinski definition) is 3. The van der Waals surface area contributed by atoms with Gasteiger partial charge >= 0.3 is 0 Å². The molecule has 118 valence electrons. The van der Waals surface area contributed by atoms with E-state index in [0.29, 0.717) is 17.3 Å². The Balaban J connectivity index is 2.18. The molecule has 2 aromatic rings. The summed E-state index contributed by atoms with van der Waals surface area (Å²) in [6.07, 6.45) is 0. The van der Waals surface area contributed by atoms with E-state index >= 15 is 0 Å². The third-order valence-corrected chi connectivity index (χ3v) is 5.14. The van der Waals surface area contributed by atoms with E-state index in [4.69, 9.17) is 11.6 Å². The minimum atomic E-state index is -3.48. The monoisotopic (exact) mass is 342 g/mol. The zero-order valence-electron chi connectivity index (χ0n) is 12.2. The summed E-state index contributed by atoms with van der Waals surface area (Å²) in [6.45, 7) is 0.301. The van der Waals surface area contributed by atoms with E-state index in [0.717, 1.165) is 9.87 Å². The van der Waals surface area contributed by atoms with Crippen LogP contribution in [0.5, 0.6) is 0 Å². The lowest BCUT2D eigenvalue weighted by Gasteiger charge is -2.13. The van der Waals surface area contributed by atoms with Crippen LogP contribution >= 0.6 is 11.6 Å². The van der Waals surface area contributed by atoms with Gasteiger partial charge in [0.05, 0.1) is 10.6 Å². The lowest BCUT2D eigenvalue weighted by molar-refractivity contribution is 0.520. The highest BCUT2D eigenvalue weighted by Gasteiger charge is 2.17. The van der Waals surface area contributed by atoms with Crippen LogP contribution in [0.4, 0.5) is 10.1 Å². The lowest BCUT2D eigenvalue weighted by Crippen LogP contribution is -2.22. The third kappa shape index (κ3) is 3.76. The number of nitrogens with zero attached hydrogens (tertiary/aromatic N) is 1. The van der Waals surface area contributed by atoms with Crippen molar-refractivity contribution < 1.29 is 12.8 Å². The Bertz CT molecular complexity index is 779. The fourth-order valence-electron chi connectivity index (χ4n) is 1.86. The summed E-state index contributed by atoms with van der Waals surface area (Å²) in [5.41, 5.74) is 1.04. The van der Waals surface area contributed by atoms with Crippen molar-refractivity contribution in [3.05, 3.63) is 58.9 Å². The van der Waals surface area contributed by atoms with Gasteiger partial charge in [0.2, 0.25) is 10.0 Å². The number of sulfonamides is 1. The molecule has 0 aliphatic carbocycles. The van der Waals surface area contributed by atoms with Gasteiger partial charge in [0.15, 0.2) is 0 Å². The average molecular weight is 343 g/mol. The van der Waals surface area contributed by atoms with Crippen molar-refractivity contribution in [2.24, 2.45) is 0 Å². The van der Waals surface area contributed by atoms with Crippen LogP contribution in [0.25, 0.3) is 0 Å². The first-order valence-electron chi connectivity index (χ1n) is 6.51. The van der Waals surface area contributed by atoms with Crippen molar-refractivity contribution in [1.29, 1.82) is 0 Å². The molecule has 0 fully saturated rings. The first-order chi connectivity index (χ1) is 10.3. The minimum Gasteiger partial charge on any atom is -0.379 e. The van der Waals surface area contributed by atoms with Crippen molar-refractivity contribution in [1.82, 2.24) is 4.31 Å².